The number of likely N-dealkylation sites (N-methyl/N-ethyl adjacent to an activating group) is 1. The molecule has 12 heteroatoms. The lowest BCUT2D eigenvalue weighted by Crippen LogP contribution is -2.43. The molecule has 44 heavy (non-hydrogen) atoms. The number of hydrogen-bond donors (Lipinski definition) is 3. The number of hydrogen-bond acceptors (Lipinski definition) is 6. The van der Waals surface area contributed by atoms with E-state index in [-0.39, 0.29) is 18.3 Å². The van der Waals surface area contributed by atoms with Crippen LogP contribution < -0.4 is 20.9 Å². The van der Waals surface area contributed by atoms with Crippen LogP contribution in [-0.2, 0) is 6.54 Å². The molecule has 0 unspecified atom stereocenters. The van der Waals surface area contributed by atoms with Crippen molar-refractivity contribution in [3.63, 3.8) is 0 Å². The lowest BCUT2D eigenvalue weighted by atomic mass is 9.97. The third kappa shape index (κ3) is 6.97. The number of para-hydroxylation sites is 1. The number of urea groups is 1. The van der Waals surface area contributed by atoms with Crippen LogP contribution in [-0.4, -0.2) is 54.0 Å². The molecule has 1 aliphatic heterocycles. The minimum absolute atomic E-state index is 0.0144. The van der Waals surface area contributed by atoms with Crippen LogP contribution in [0.5, 0.6) is 0 Å². The number of carbonyl (C=O) groups is 2. The van der Waals surface area contributed by atoms with Crippen molar-refractivity contribution in [3.8, 4) is 11.3 Å². The Balaban J connectivity index is 0.00000216. The zero-order valence-corrected chi connectivity index (χ0v) is 25.1. The van der Waals surface area contributed by atoms with E-state index in [9.17, 15) is 22.8 Å². The van der Waals surface area contributed by atoms with Crippen LogP contribution in [0.1, 0.15) is 35.3 Å². The number of rotatable bonds is 8. The second-order valence-corrected chi connectivity index (χ2v) is 9.98. The molecule has 0 spiro atoms. The summed E-state index contributed by atoms with van der Waals surface area (Å²) in [6, 6.07) is 13.0. The Bertz CT molecular complexity index is 1640. The average Bonchev–Trinajstić information content (AvgIpc) is 3.00. The van der Waals surface area contributed by atoms with Crippen molar-refractivity contribution in [1.82, 2.24) is 20.2 Å². The molecule has 0 atom stereocenters. The van der Waals surface area contributed by atoms with Gasteiger partial charge in [-0.3, -0.25) is 4.79 Å². The fourth-order valence-corrected chi connectivity index (χ4v) is 4.52. The Morgan fingerprint density at radius 3 is 2.34 bits per heavy atom. The molecule has 0 saturated carbocycles. The van der Waals surface area contributed by atoms with E-state index in [4.69, 9.17) is 4.98 Å². The molecule has 0 saturated heterocycles. The number of amides is 3. The first kappa shape index (κ1) is 32.0. The van der Waals surface area contributed by atoms with E-state index in [1.54, 1.807) is 18.2 Å². The minimum Gasteiger partial charge on any atom is -0.353 e. The number of fused-ring (bicyclic) bond motifs is 1. The number of nitrogens with one attached hydrogen (secondary N) is 3. The van der Waals surface area contributed by atoms with Gasteiger partial charge in [-0.15, -0.1) is 0 Å². The minimum atomic E-state index is -0.934. The van der Waals surface area contributed by atoms with Crippen molar-refractivity contribution in [3.05, 3.63) is 94.8 Å². The van der Waals surface area contributed by atoms with Crippen molar-refractivity contribution < 1.29 is 22.8 Å². The van der Waals surface area contributed by atoms with E-state index in [1.807, 2.05) is 39.8 Å². The van der Waals surface area contributed by atoms with Crippen molar-refractivity contribution in [1.29, 1.82) is 0 Å². The van der Waals surface area contributed by atoms with E-state index in [2.05, 4.69) is 20.9 Å². The van der Waals surface area contributed by atoms with Gasteiger partial charge < -0.3 is 20.9 Å². The first-order valence-corrected chi connectivity index (χ1v) is 14.1. The highest BCUT2D eigenvalue weighted by atomic mass is 19.1. The van der Waals surface area contributed by atoms with Gasteiger partial charge in [-0.05, 0) is 75.1 Å². The topological polar surface area (TPSA) is 102 Å². The second kappa shape index (κ2) is 14.0. The first-order chi connectivity index (χ1) is 21.1. The molecule has 4 aromatic rings. The van der Waals surface area contributed by atoms with Gasteiger partial charge in [0.1, 0.15) is 23.1 Å². The monoisotopic (exact) mass is 605 g/mol. The van der Waals surface area contributed by atoms with Crippen LogP contribution in [0.4, 0.5) is 41.1 Å². The van der Waals surface area contributed by atoms with Crippen molar-refractivity contribution >= 4 is 35.1 Å². The third-order valence-electron chi connectivity index (χ3n) is 6.68. The van der Waals surface area contributed by atoms with Crippen LogP contribution in [0.25, 0.3) is 11.3 Å². The standard InChI is InChI=1S/C30H28F3N7O2.C2H6/c1-17-7-8-18(28(41)36-20-11-9-19(31)10-12-20)15-21(17)25-22-16-35-30(42)40(26-23(32)5-4-6-24(26)33)27(22)38-29(37-25)34-13-14-39(2)3;1-2/h4-12,15H,13-14,16H2,1-3H3,(H,35,42)(H,36,41)(H,34,37,38);1-2H3. The maximum atomic E-state index is 14.9. The smallest absolute Gasteiger partial charge is 0.328 e. The molecule has 1 aliphatic rings. The molecule has 0 bridgehead atoms. The molecule has 0 aliphatic carbocycles. The number of carbonyl (C=O) groups excluding carboxylic acids is 2. The first-order valence-electron chi connectivity index (χ1n) is 14.1. The fraction of sp³-hybridized carbons (Fsp3) is 0.250. The summed E-state index contributed by atoms with van der Waals surface area (Å²) in [4.78, 5) is 38.2. The second-order valence-electron chi connectivity index (χ2n) is 9.98. The Morgan fingerprint density at radius 2 is 1.68 bits per heavy atom. The molecule has 3 aromatic carbocycles. The van der Waals surface area contributed by atoms with Crippen LogP contribution in [0.3, 0.4) is 0 Å². The summed E-state index contributed by atoms with van der Waals surface area (Å²) >= 11 is 0. The Kier molecular flexibility index (Phi) is 10.2. The van der Waals surface area contributed by atoms with Gasteiger partial charge in [-0.1, -0.05) is 26.0 Å². The number of benzene rings is 3. The third-order valence-corrected chi connectivity index (χ3v) is 6.68. The summed E-state index contributed by atoms with van der Waals surface area (Å²) < 4.78 is 43.2. The van der Waals surface area contributed by atoms with E-state index < -0.39 is 35.1 Å². The lowest BCUT2D eigenvalue weighted by Gasteiger charge is -2.31. The summed E-state index contributed by atoms with van der Waals surface area (Å²) in [5.74, 6) is -2.57. The molecular formula is C32H34F3N7O2. The van der Waals surface area contributed by atoms with Gasteiger partial charge in [-0.2, -0.15) is 4.98 Å². The fourth-order valence-electron chi connectivity index (χ4n) is 4.52. The van der Waals surface area contributed by atoms with Gasteiger partial charge in [0.05, 0.1) is 12.2 Å². The predicted molar refractivity (Wildman–Crippen MR) is 166 cm³/mol. The quantitative estimate of drug-likeness (QED) is 0.213. The molecule has 0 fully saturated rings. The zero-order valence-electron chi connectivity index (χ0n) is 25.1. The van der Waals surface area contributed by atoms with Crippen LogP contribution >= 0.6 is 0 Å². The maximum Gasteiger partial charge on any atom is 0.328 e. The van der Waals surface area contributed by atoms with Crippen molar-refractivity contribution in [2.45, 2.75) is 27.3 Å². The molecule has 1 aromatic heterocycles. The SMILES string of the molecule is CC.Cc1ccc(C(=O)Nc2ccc(F)cc2)cc1-c1nc(NCCN(C)C)nc2c1CNC(=O)N2c1c(F)cccc1F. The molecule has 5 rings (SSSR count). The molecule has 3 amide bonds. The summed E-state index contributed by atoms with van der Waals surface area (Å²) in [6.45, 7) is 6.91. The predicted octanol–water partition coefficient (Wildman–Crippen LogP) is 6.48. The van der Waals surface area contributed by atoms with Crippen LogP contribution in [0, 0.1) is 24.4 Å². The van der Waals surface area contributed by atoms with E-state index in [0.29, 0.717) is 41.2 Å². The molecule has 0 radical (unpaired) electrons. The number of halogens is 3. The largest absolute Gasteiger partial charge is 0.353 e. The van der Waals surface area contributed by atoms with Crippen LogP contribution in [0.15, 0.2) is 60.7 Å². The lowest BCUT2D eigenvalue weighted by molar-refractivity contribution is 0.102. The number of nitrogens with zero attached hydrogens (tertiary/aromatic N) is 4. The molecule has 2 heterocycles. The Labute approximate surface area is 254 Å². The summed E-state index contributed by atoms with van der Waals surface area (Å²) in [6.07, 6.45) is 0. The Hall–Kier alpha value is -4.97. The molecule has 9 nitrogen and oxygen atoms in total. The van der Waals surface area contributed by atoms with Gasteiger partial charge in [0.15, 0.2) is 5.82 Å². The Morgan fingerprint density at radius 1 is 1.00 bits per heavy atom. The molecule has 230 valence electrons. The van der Waals surface area contributed by atoms with Gasteiger partial charge >= 0.3 is 6.03 Å². The zero-order chi connectivity index (χ0) is 32.0. The number of aryl methyl sites for hydroxylation is 1. The van der Waals surface area contributed by atoms with E-state index >= 15 is 0 Å². The van der Waals surface area contributed by atoms with E-state index in [1.165, 1.54) is 30.3 Å². The highest BCUT2D eigenvalue weighted by molar-refractivity contribution is 6.05. The van der Waals surface area contributed by atoms with E-state index in [0.717, 1.165) is 22.6 Å². The van der Waals surface area contributed by atoms with Gasteiger partial charge in [0, 0.05) is 35.5 Å². The highest BCUT2D eigenvalue weighted by Crippen LogP contribution is 2.39. The van der Waals surface area contributed by atoms with Crippen molar-refractivity contribution in [2.24, 2.45) is 0 Å². The number of anilines is 4. The summed E-state index contributed by atoms with van der Waals surface area (Å²) in [5, 5.41) is 8.53. The highest BCUT2D eigenvalue weighted by Gasteiger charge is 2.34. The van der Waals surface area contributed by atoms with Crippen LogP contribution in [0.2, 0.25) is 0 Å². The molecule has 3 N–H and O–H groups in total. The van der Waals surface area contributed by atoms with Gasteiger partial charge in [-0.25, -0.2) is 27.8 Å². The summed E-state index contributed by atoms with van der Waals surface area (Å²) in [5.41, 5.74) is 2.25. The summed E-state index contributed by atoms with van der Waals surface area (Å²) in [7, 11) is 3.80. The average molecular weight is 606 g/mol. The van der Waals surface area contributed by atoms with Crippen molar-refractivity contribution in [2.75, 3.05) is 42.7 Å². The normalized spacial score (nSPS) is 12.2. The number of aromatic nitrogens is 2. The van der Waals surface area contributed by atoms with Gasteiger partial charge in [0.2, 0.25) is 5.95 Å². The molecular weight excluding hydrogens is 571 g/mol. The van der Waals surface area contributed by atoms with Gasteiger partial charge in [0.25, 0.3) is 5.91 Å². The maximum absolute atomic E-state index is 14.9.